The van der Waals surface area contributed by atoms with Crippen LogP contribution in [0.1, 0.15) is 12.6 Å². The molecule has 2 aromatic rings. The van der Waals surface area contributed by atoms with Crippen molar-refractivity contribution >= 4 is 43.0 Å². The number of fused-ring (bicyclic) bond motifs is 2. The minimum atomic E-state index is -4.06. The number of ether oxygens (including phenoxy) is 1. The molecule has 16 heteroatoms. The summed E-state index contributed by atoms with van der Waals surface area (Å²) in [5.41, 5.74) is 10.2. The van der Waals surface area contributed by atoms with Gasteiger partial charge in [-0.3, -0.25) is 19.1 Å². The summed E-state index contributed by atoms with van der Waals surface area (Å²) in [6.45, 7) is -0.216. The van der Waals surface area contributed by atoms with E-state index < -0.39 is 44.2 Å². The number of nitrogen functional groups attached to an aromatic ring is 1. The molecule has 2 saturated heterocycles. The third-order valence-electron chi connectivity index (χ3n) is 4.35. The first-order chi connectivity index (χ1) is 13.7. The lowest BCUT2D eigenvalue weighted by atomic mass is 10.1. The van der Waals surface area contributed by atoms with Crippen molar-refractivity contribution in [1.82, 2.24) is 19.5 Å². The number of aromatic nitrogens is 4. The fourth-order valence-electron chi connectivity index (χ4n) is 3.11. The lowest BCUT2D eigenvalue weighted by Crippen LogP contribution is -2.40. The fraction of sp³-hybridized carbons (Fsp3) is 0.538. The van der Waals surface area contributed by atoms with Crippen LogP contribution in [0.2, 0.25) is 0 Å². The average molecular weight is 449 g/mol. The lowest BCUT2D eigenvalue weighted by molar-refractivity contribution is -0.117. The lowest BCUT2D eigenvalue weighted by Gasteiger charge is -2.24. The maximum atomic E-state index is 12.2. The van der Waals surface area contributed by atoms with Crippen LogP contribution in [0.3, 0.4) is 0 Å². The Balaban J connectivity index is 1.75. The number of rotatable bonds is 5. The molecular weight excluding hydrogens is 431 g/mol. The molecule has 1 amide bonds. The molecule has 0 bridgehead atoms. The van der Waals surface area contributed by atoms with Gasteiger partial charge >= 0.3 is 8.17 Å². The summed E-state index contributed by atoms with van der Waals surface area (Å²) in [5, 5.41) is 11.0. The molecule has 8 N–H and O–H groups in total. The number of aliphatic hydroxyl groups excluding tert-OH is 1. The number of hydrogen-bond donors (Lipinski definition) is 6. The summed E-state index contributed by atoms with van der Waals surface area (Å²) >= 11 is 1.10. The first-order valence-corrected chi connectivity index (χ1v) is 10.9. The highest BCUT2D eigenvalue weighted by Gasteiger charge is 2.60. The molecule has 2 aliphatic rings. The van der Waals surface area contributed by atoms with Crippen molar-refractivity contribution in [2.24, 2.45) is 5.73 Å². The van der Waals surface area contributed by atoms with E-state index in [-0.39, 0.29) is 41.0 Å². The van der Waals surface area contributed by atoms with E-state index in [0.717, 1.165) is 11.8 Å². The zero-order chi connectivity index (χ0) is 20.9. The van der Waals surface area contributed by atoms with Crippen molar-refractivity contribution in [2.45, 2.75) is 36.1 Å². The topological polar surface area (TPSA) is 221 Å². The van der Waals surface area contributed by atoms with Gasteiger partial charge in [0.15, 0.2) is 28.7 Å². The highest BCUT2D eigenvalue weighted by molar-refractivity contribution is 7.99. The van der Waals surface area contributed by atoms with E-state index in [9.17, 15) is 24.5 Å². The first kappa shape index (κ1) is 20.4. The smallest absolute Gasteiger partial charge is 0.385 e. The third-order valence-corrected chi connectivity index (χ3v) is 6.30. The van der Waals surface area contributed by atoms with E-state index in [0.29, 0.717) is 0 Å². The number of aliphatic hydroxyl groups is 1. The van der Waals surface area contributed by atoms with Gasteiger partial charge in [-0.15, -0.1) is 4.52 Å². The molecule has 2 fully saturated rings. The van der Waals surface area contributed by atoms with Gasteiger partial charge in [-0.25, -0.2) is 4.98 Å². The predicted octanol–water partition coefficient (Wildman–Crippen LogP) is -1.99. The minimum absolute atomic E-state index is 0.0465. The van der Waals surface area contributed by atoms with Crippen molar-refractivity contribution in [2.75, 3.05) is 18.1 Å². The Morgan fingerprint density at radius 1 is 1.41 bits per heavy atom. The molecule has 29 heavy (non-hydrogen) atoms. The summed E-state index contributed by atoms with van der Waals surface area (Å²) in [6.07, 6.45) is -4.34. The van der Waals surface area contributed by atoms with Crippen LogP contribution in [-0.4, -0.2) is 71.0 Å². The van der Waals surface area contributed by atoms with Crippen LogP contribution in [0.25, 0.3) is 11.2 Å². The summed E-state index contributed by atoms with van der Waals surface area (Å²) in [5.74, 6) is -0.429. The van der Waals surface area contributed by atoms with Crippen LogP contribution >= 0.6 is 19.9 Å². The van der Waals surface area contributed by atoms with Crippen LogP contribution in [-0.2, 0) is 18.6 Å². The normalized spacial score (nSPS) is 28.5. The number of anilines is 1. The largest absolute Gasteiger partial charge is 0.570 e. The Morgan fingerprint density at radius 3 is 2.90 bits per heavy atom. The van der Waals surface area contributed by atoms with Crippen LogP contribution in [0, 0.1) is 0 Å². The Morgan fingerprint density at radius 2 is 2.17 bits per heavy atom. The van der Waals surface area contributed by atoms with Crippen molar-refractivity contribution in [3.05, 3.63) is 10.4 Å². The van der Waals surface area contributed by atoms with Gasteiger partial charge in [-0.2, -0.15) is 19.3 Å². The SMILES string of the molecule is NC(=O)CCSc1nc2c(=O)[nH]c(N)nc2n1[C@@H]1OC2CO[P+](O)(O)O[C@H]2C1O. The molecule has 2 aromatic heterocycles. The molecule has 0 aliphatic carbocycles. The summed E-state index contributed by atoms with van der Waals surface area (Å²) < 4.78 is 17.0. The molecule has 4 atom stereocenters. The van der Waals surface area contributed by atoms with Gasteiger partial charge in [0.2, 0.25) is 11.9 Å². The van der Waals surface area contributed by atoms with E-state index in [4.69, 9.17) is 25.3 Å². The highest BCUT2D eigenvalue weighted by Crippen LogP contribution is 2.59. The van der Waals surface area contributed by atoms with Gasteiger partial charge in [0.05, 0.1) is 0 Å². The number of nitrogens with two attached hydrogens (primary N) is 2. The molecule has 0 spiro atoms. The second-order valence-electron chi connectivity index (χ2n) is 6.36. The van der Waals surface area contributed by atoms with Crippen molar-refractivity contribution in [1.29, 1.82) is 0 Å². The van der Waals surface area contributed by atoms with Crippen molar-refractivity contribution < 1.29 is 33.5 Å². The van der Waals surface area contributed by atoms with Crippen molar-refractivity contribution in [3.63, 3.8) is 0 Å². The van der Waals surface area contributed by atoms with E-state index in [1.807, 2.05) is 0 Å². The van der Waals surface area contributed by atoms with Gasteiger partial charge in [0.25, 0.3) is 5.56 Å². The van der Waals surface area contributed by atoms with Gasteiger partial charge in [-0.1, -0.05) is 11.8 Å². The number of carbonyl (C=O) groups excluding carboxylic acids is 1. The standard InChI is InChI=1S/C13H17N6O8PS/c14-5(20)1-2-29-13-16-6-9(17-12(15)18-10(6)22)19(13)11-7(21)8-4(26-11)3-25-28(23,24)27-8/h4,7-8,11,21,23-24H,1-3H2,(H4-,14,15,17,18,20,22)/p+1/t4?,7?,8-,11-/m1/s1. The van der Waals surface area contributed by atoms with Crippen LogP contribution in [0.5, 0.6) is 0 Å². The molecule has 0 aromatic carbocycles. The zero-order valence-corrected chi connectivity index (χ0v) is 16.4. The maximum absolute atomic E-state index is 12.2. The molecule has 158 valence electrons. The Labute approximate surface area is 166 Å². The number of aromatic amines is 1. The number of nitrogens with zero attached hydrogens (tertiary/aromatic N) is 3. The zero-order valence-electron chi connectivity index (χ0n) is 14.7. The van der Waals surface area contributed by atoms with E-state index in [1.165, 1.54) is 4.57 Å². The summed E-state index contributed by atoms with van der Waals surface area (Å²) in [6, 6.07) is 0. The summed E-state index contributed by atoms with van der Waals surface area (Å²) in [4.78, 5) is 53.2. The molecule has 4 heterocycles. The number of nitrogens with one attached hydrogen (secondary N) is 1. The number of hydrogen-bond acceptors (Lipinski definition) is 12. The maximum Gasteiger partial charge on any atom is 0.570 e. The van der Waals surface area contributed by atoms with Crippen molar-refractivity contribution in [3.8, 4) is 0 Å². The number of imidazole rings is 1. The Bertz CT molecular complexity index is 1010. The van der Waals surface area contributed by atoms with Crippen LogP contribution in [0.15, 0.2) is 9.95 Å². The molecule has 4 rings (SSSR count). The highest BCUT2D eigenvalue weighted by atomic mass is 32.2. The predicted molar refractivity (Wildman–Crippen MR) is 99.2 cm³/mol. The second-order valence-corrected chi connectivity index (χ2v) is 8.88. The van der Waals surface area contributed by atoms with Crippen LogP contribution < -0.4 is 17.0 Å². The minimum Gasteiger partial charge on any atom is -0.385 e. The Hall–Kier alpha value is -1.84. The molecular formula is C13H18N6O8PS+. The van der Waals surface area contributed by atoms with Gasteiger partial charge < -0.3 is 21.3 Å². The van der Waals surface area contributed by atoms with E-state index in [2.05, 4.69) is 15.0 Å². The van der Waals surface area contributed by atoms with E-state index >= 15 is 0 Å². The van der Waals surface area contributed by atoms with Crippen LogP contribution in [0.4, 0.5) is 5.95 Å². The molecule has 14 nitrogen and oxygen atoms in total. The number of amides is 1. The molecule has 0 saturated carbocycles. The Kier molecular flexibility index (Phi) is 5.25. The van der Waals surface area contributed by atoms with Gasteiger partial charge in [0, 0.05) is 12.2 Å². The quantitative estimate of drug-likeness (QED) is 0.216. The fourth-order valence-corrected chi connectivity index (χ4v) is 5.06. The number of carbonyl (C=O) groups is 1. The second kappa shape index (κ2) is 7.45. The first-order valence-electron chi connectivity index (χ1n) is 8.36. The third kappa shape index (κ3) is 3.83. The van der Waals surface area contributed by atoms with Gasteiger partial charge in [-0.05, 0) is 0 Å². The van der Waals surface area contributed by atoms with E-state index in [1.54, 1.807) is 0 Å². The molecule has 2 aliphatic heterocycles. The number of H-pyrrole nitrogens is 1. The number of primary amides is 1. The average Bonchev–Trinajstić information content (AvgIpc) is 3.12. The molecule has 0 radical (unpaired) electrons. The monoisotopic (exact) mass is 449 g/mol. The number of thioether (sulfide) groups is 1. The summed E-state index contributed by atoms with van der Waals surface area (Å²) in [7, 11) is -4.06. The molecule has 2 unspecified atom stereocenters. The van der Waals surface area contributed by atoms with Gasteiger partial charge in [0.1, 0.15) is 18.8 Å².